The van der Waals surface area contributed by atoms with Crippen LogP contribution in [-0.2, 0) is 34.1 Å². The number of amides is 1. The smallest absolute Gasteiger partial charge is 0.261 e. The van der Waals surface area contributed by atoms with Crippen LogP contribution in [0.25, 0.3) is 21.9 Å². The molecule has 0 saturated carbocycles. The number of furan rings is 1. The molecule has 0 bridgehead atoms. The molecule has 1 atom stereocenters. The maximum atomic E-state index is 13.1. The highest BCUT2D eigenvalue weighted by molar-refractivity contribution is 7.89. The highest BCUT2D eigenvalue weighted by Crippen LogP contribution is 2.33. The zero-order valence-electron chi connectivity index (χ0n) is 19.3. The van der Waals surface area contributed by atoms with Crippen LogP contribution < -0.4 is 10.2 Å². The van der Waals surface area contributed by atoms with Crippen molar-refractivity contribution in [1.29, 1.82) is 0 Å². The summed E-state index contributed by atoms with van der Waals surface area (Å²) in [5.41, 5.74) is 5.55. The molecular weight excluding hydrogens is 466 g/mol. The summed E-state index contributed by atoms with van der Waals surface area (Å²) in [5.74, 6) is 0.150. The van der Waals surface area contributed by atoms with Crippen LogP contribution in [0.2, 0.25) is 0 Å². The van der Waals surface area contributed by atoms with Gasteiger partial charge in [-0.15, -0.1) is 0 Å². The van der Waals surface area contributed by atoms with Gasteiger partial charge in [0.2, 0.25) is 10.0 Å². The van der Waals surface area contributed by atoms with Crippen molar-refractivity contribution in [2.75, 3.05) is 0 Å². The van der Waals surface area contributed by atoms with Crippen molar-refractivity contribution in [3.8, 4) is 0 Å². The highest BCUT2D eigenvalue weighted by atomic mass is 32.2. The molecule has 8 nitrogen and oxygen atoms in total. The highest BCUT2D eigenvalue weighted by Gasteiger charge is 2.27. The fourth-order valence-electron chi connectivity index (χ4n) is 4.99. The maximum Gasteiger partial charge on any atom is 0.261 e. The number of aryl methyl sites for hydroxylation is 3. The van der Waals surface area contributed by atoms with Crippen molar-refractivity contribution in [3.63, 3.8) is 0 Å². The quantitative estimate of drug-likeness (QED) is 0.156. The lowest BCUT2D eigenvalue weighted by Crippen LogP contribution is -2.45. The first-order chi connectivity index (χ1) is 17.0. The molecule has 2 heterocycles. The maximum absolute atomic E-state index is 13.1. The van der Waals surface area contributed by atoms with Gasteiger partial charge in [-0.2, -0.15) is 4.72 Å². The normalized spacial score (nSPS) is 14.8. The molecule has 1 aliphatic rings. The largest absolute Gasteiger partial charge is 0.461 e. The van der Waals surface area contributed by atoms with Crippen LogP contribution in [0.5, 0.6) is 0 Å². The summed E-state index contributed by atoms with van der Waals surface area (Å²) in [6, 6.07) is 11.8. The van der Waals surface area contributed by atoms with Crippen molar-refractivity contribution in [2.45, 2.75) is 62.3 Å². The van der Waals surface area contributed by atoms with E-state index in [2.05, 4.69) is 15.8 Å². The van der Waals surface area contributed by atoms with Gasteiger partial charge in [0.1, 0.15) is 17.4 Å². The molecule has 2 aromatic carbocycles. The van der Waals surface area contributed by atoms with Crippen molar-refractivity contribution in [1.82, 2.24) is 15.2 Å². The molecule has 5 rings (SSSR count). The van der Waals surface area contributed by atoms with Crippen molar-refractivity contribution in [2.24, 2.45) is 0 Å². The van der Waals surface area contributed by atoms with E-state index in [4.69, 9.17) is 4.42 Å². The van der Waals surface area contributed by atoms with Crippen molar-refractivity contribution >= 4 is 37.8 Å². The molecule has 4 N–H and O–H groups in total. The van der Waals surface area contributed by atoms with Gasteiger partial charge in [0.25, 0.3) is 5.91 Å². The predicted molar refractivity (Wildman–Crippen MR) is 133 cm³/mol. The van der Waals surface area contributed by atoms with E-state index in [1.165, 1.54) is 11.6 Å². The fourth-order valence-corrected chi connectivity index (χ4v) is 6.24. The second-order valence-corrected chi connectivity index (χ2v) is 10.8. The number of H-pyrrole nitrogens is 1. The number of hydrogen-bond donors (Lipinski definition) is 4. The monoisotopic (exact) mass is 495 g/mol. The van der Waals surface area contributed by atoms with E-state index in [0.29, 0.717) is 12.0 Å². The average molecular weight is 496 g/mol. The molecular formula is C26H29N3O5S. The molecule has 0 spiro atoms. The van der Waals surface area contributed by atoms with Crippen molar-refractivity contribution < 1.29 is 22.8 Å². The Morgan fingerprint density at radius 1 is 1.09 bits per heavy atom. The number of benzene rings is 2. The third-order valence-corrected chi connectivity index (χ3v) is 8.30. The summed E-state index contributed by atoms with van der Waals surface area (Å²) in [5, 5.41) is 11.3. The van der Waals surface area contributed by atoms with Crippen LogP contribution in [0.3, 0.4) is 0 Å². The minimum atomic E-state index is -4.00. The Hall–Kier alpha value is -3.14. The average Bonchev–Trinajstić information content (AvgIpc) is 3.46. The lowest BCUT2D eigenvalue weighted by atomic mass is 9.96. The van der Waals surface area contributed by atoms with Gasteiger partial charge in [0.05, 0.1) is 4.90 Å². The van der Waals surface area contributed by atoms with E-state index in [1.807, 2.05) is 24.4 Å². The molecule has 0 aliphatic heterocycles. The van der Waals surface area contributed by atoms with Crippen LogP contribution in [-0.4, -0.2) is 30.6 Å². The number of fused-ring (bicyclic) bond motifs is 4. The van der Waals surface area contributed by atoms with Gasteiger partial charge >= 0.3 is 0 Å². The van der Waals surface area contributed by atoms with Gasteiger partial charge in [0.15, 0.2) is 0 Å². The SMILES string of the molecule is O=C(NO)[C@@H](CCCCc1c[nH]c2ccccc12)NS(=O)(=O)c1ccc2c3c(oc2c1)CCCC3. The first-order valence-corrected chi connectivity index (χ1v) is 13.5. The molecule has 1 amide bonds. The van der Waals surface area contributed by atoms with Gasteiger partial charge < -0.3 is 9.40 Å². The van der Waals surface area contributed by atoms with E-state index in [0.717, 1.165) is 66.1 Å². The van der Waals surface area contributed by atoms with Crippen LogP contribution in [0.4, 0.5) is 0 Å². The van der Waals surface area contributed by atoms with Crippen LogP contribution in [0.15, 0.2) is 58.0 Å². The third kappa shape index (κ3) is 4.84. The standard InChI is InChI=1S/C26H29N3O5S/c30-26(28-31)23(11-4-1-7-17-16-27-22-10-5-2-8-19(17)22)29-35(32,33)18-13-14-21-20-9-3-6-12-24(20)34-25(21)15-18/h2,5,8,10,13-16,23,27,29,31H,1,3-4,6-7,9,11-12H2,(H,28,30)/t23-/m1/s1. The molecule has 4 aromatic rings. The van der Waals surface area contributed by atoms with E-state index >= 15 is 0 Å². The number of aromatic nitrogens is 1. The lowest BCUT2D eigenvalue weighted by Gasteiger charge is -2.17. The van der Waals surface area contributed by atoms with Gasteiger partial charge in [-0.3, -0.25) is 10.0 Å². The van der Waals surface area contributed by atoms with Gasteiger partial charge in [0, 0.05) is 40.5 Å². The summed E-state index contributed by atoms with van der Waals surface area (Å²) in [6.45, 7) is 0. The number of unbranched alkanes of at least 4 members (excludes halogenated alkanes) is 1. The fraction of sp³-hybridized carbons (Fsp3) is 0.346. The predicted octanol–water partition coefficient (Wildman–Crippen LogP) is 4.36. The summed E-state index contributed by atoms with van der Waals surface area (Å²) >= 11 is 0. The number of carbonyl (C=O) groups excluding carboxylic acids is 1. The number of carbonyl (C=O) groups is 1. The first kappa shape index (κ1) is 23.6. The Morgan fingerprint density at radius 3 is 2.77 bits per heavy atom. The molecule has 0 saturated heterocycles. The molecule has 1 aliphatic carbocycles. The minimum Gasteiger partial charge on any atom is -0.461 e. The summed E-state index contributed by atoms with van der Waals surface area (Å²) in [7, 11) is -4.00. The number of hydrogen-bond acceptors (Lipinski definition) is 5. The van der Waals surface area contributed by atoms with Gasteiger partial charge in [-0.05, 0) is 62.3 Å². The Bertz CT molecular complexity index is 1470. The Balaban J connectivity index is 1.26. The van der Waals surface area contributed by atoms with Crippen molar-refractivity contribution in [3.05, 3.63) is 65.5 Å². The van der Waals surface area contributed by atoms with E-state index in [9.17, 15) is 18.4 Å². The van der Waals surface area contributed by atoms with Crippen LogP contribution in [0.1, 0.15) is 49.0 Å². The third-order valence-electron chi connectivity index (χ3n) is 6.83. The summed E-state index contributed by atoms with van der Waals surface area (Å²) in [4.78, 5) is 15.5. The van der Waals surface area contributed by atoms with Crippen LogP contribution in [0, 0.1) is 0 Å². The number of para-hydroxylation sites is 1. The molecule has 0 radical (unpaired) electrons. The number of aromatic amines is 1. The number of rotatable bonds is 9. The van der Waals surface area contributed by atoms with E-state index in [-0.39, 0.29) is 11.3 Å². The van der Waals surface area contributed by atoms with Gasteiger partial charge in [-0.25, -0.2) is 13.9 Å². The lowest BCUT2D eigenvalue weighted by molar-refractivity contribution is -0.131. The number of nitrogens with one attached hydrogen (secondary N) is 3. The van der Waals surface area contributed by atoms with Crippen LogP contribution >= 0.6 is 0 Å². The Morgan fingerprint density at radius 2 is 1.91 bits per heavy atom. The summed E-state index contributed by atoms with van der Waals surface area (Å²) < 4.78 is 34.6. The molecule has 184 valence electrons. The number of hydroxylamine groups is 1. The second kappa shape index (κ2) is 9.85. The topological polar surface area (TPSA) is 124 Å². The molecule has 2 aromatic heterocycles. The molecule has 0 fully saturated rings. The van der Waals surface area contributed by atoms with E-state index < -0.39 is 22.0 Å². The zero-order valence-corrected chi connectivity index (χ0v) is 20.2. The Kier molecular flexibility index (Phi) is 6.64. The summed E-state index contributed by atoms with van der Waals surface area (Å²) in [6.07, 6.45) is 8.36. The second-order valence-electron chi connectivity index (χ2n) is 9.12. The molecule has 0 unspecified atom stereocenters. The molecule has 9 heteroatoms. The zero-order chi connectivity index (χ0) is 24.4. The first-order valence-electron chi connectivity index (χ1n) is 12.0. The van der Waals surface area contributed by atoms with Gasteiger partial charge in [-0.1, -0.05) is 24.6 Å². The van der Waals surface area contributed by atoms with E-state index in [1.54, 1.807) is 17.6 Å². The number of sulfonamides is 1. The minimum absolute atomic E-state index is 0.0330. The molecule has 35 heavy (non-hydrogen) atoms. The Labute approximate surface area is 203 Å².